The van der Waals surface area contributed by atoms with Crippen molar-refractivity contribution in [3.05, 3.63) is 105 Å². The maximum Gasteiger partial charge on any atom is 0.339 e. The molecule has 0 saturated carbocycles. The van der Waals surface area contributed by atoms with Gasteiger partial charge in [-0.3, -0.25) is 9.59 Å². The lowest BCUT2D eigenvalue weighted by Gasteiger charge is -2.22. The molecular weight excluding hydrogens is 534 g/mol. The second kappa shape index (κ2) is 12.5. The van der Waals surface area contributed by atoms with Crippen LogP contribution in [0.25, 0.3) is 11.1 Å². The van der Waals surface area contributed by atoms with Crippen LogP contribution in [-0.4, -0.2) is 47.4 Å². The summed E-state index contributed by atoms with van der Waals surface area (Å²) >= 11 is 6.22. The molecule has 0 spiro atoms. The van der Waals surface area contributed by atoms with Crippen molar-refractivity contribution in [3.63, 3.8) is 0 Å². The number of ketones is 1. The number of nitrogens with one attached hydrogen (secondary N) is 1. The minimum atomic E-state index is -1.10. The minimum absolute atomic E-state index is 0.0399. The maximum atomic E-state index is 13.5. The Labute approximate surface area is 235 Å². The summed E-state index contributed by atoms with van der Waals surface area (Å²) in [5.41, 5.74) is 2.45. The van der Waals surface area contributed by atoms with E-state index in [1.54, 1.807) is 30.3 Å². The van der Waals surface area contributed by atoms with Crippen LogP contribution >= 0.6 is 11.6 Å². The molecule has 1 heterocycles. The van der Waals surface area contributed by atoms with Gasteiger partial charge in [0.2, 0.25) is 5.88 Å². The van der Waals surface area contributed by atoms with Gasteiger partial charge in [0.05, 0.1) is 25.8 Å². The number of ether oxygens (including phenoxy) is 2. The zero-order valence-corrected chi connectivity index (χ0v) is 22.9. The van der Waals surface area contributed by atoms with Crippen molar-refractivity contribution in [2.24, 2.45) is 0 Å². The van der Waals surface area contributed by atoms with Gasteiger partial charge in [-0.1, -0.05) is 41.9 Å². The lowest BCUT2D eigenvalue weighted by Crippen LogP contribution is -2.33. The van der Waals surface area contributed by atoms with E-state index in [0.29, 0.717) is 33.8 Å². The zero-order chi connectivity index (χ0) is 28.8. The average Bonchev–Trinajstić information content (AvgIpc) is 2.95. The number of carbonyl (C=O) groups excluding carboxylic acids is 1. The third kappa shape index (κ3) is 6.32. The Morgan fingerprint density at radius 1 is 0.975 bits per heavy atom. The Kier molecular flexibility index (Phi) is 8.86. The van der Waals surface area contributed by atoms with Gasteiger partial charge in [0.1, 0.15) is 11.3 Å². The molecule has 0 saturated heterocycles. The van der Waals surface area contributed by atoms with Crippen molar-refractivity contribution >= 4 is 29.0 Å². The van der Waals surface area contributed by atoms with Crippen molar-refractivity contribution in [1.29, 1.82) is 0 Å². The predicted molar refractivity (Wildman–Crippen MR) is 153 cm³/mol. The standard InChI is InChI=1S/C30H28ClN3O6/c1-18(35)23-11-9-20(31)14-25(23)26-16-28(36)34(33-29(26)40-3)22(13-19-7-5-4-6-8-19)17-32-21-10-12-24(30(37)38)27(15-21)39-2/h4-12,14-16,22,32H,13,17H2,1-3H3,(H,37,38)/t22-/m0/s1. The topological polar surface area (TPSA) is 120 Å². The molecule has 40 heavy (non-hydrogen) atoms. The van der Waals surface area contributed by atoms with E-state index in [9.17, 15) is 19.5 Å². The molecule has 3 aromatic carbocycles. The fourth-order valence-corrected chi connectivity index (χ4v) is 4.62. The van der Waals surface area contributed by atoms with Crippen LogP contribution in [0.2, 0.25) is 5.02 Å². The fraction of sp³-hybridized carbons (Fsp3) is 0.200. The molecule has 206 valence electrons. The van der Waals surface area contributed by atoms with Gasteiger partial charge < -0.3 is 19.9 Å². The molecule has 9 nitrogen and oxygen atoms in total. The summed E-state index contributed by atoms with van der Waals surface area (Å²) in [5.74, 6) is -0.912. The second-order valence-corrected chi connectivity index (χ2v) is 9.48. The van der Waals surface area contributed by atoms with Crippen LogP contribution in [0.1, 0.15) is 39.2 Å². The van der Waals surface area contributed by atoms with Crippen LogP contribution < -0.4 is 20.3 Å². The first kappa shape index (κ1) is 28.4. The van der Waals surface area contributed by atoms with Crippen LogP contribution in [0, 0.1) is 0 Å². The van der Waals surface area contributed by atoms with Gasteiger partial charge >= 0.3 is 5.97 Å². The van der Waals surface area contributed by atoms with E-state index in [-0.39, 0.29) is 29.5 Å². The summed E-state index contributed by atoms with van der Waals surface area (Å²) in [7, 11) is 2.85. The molecule has 4 rings (SSSR count). The van der Waals surface area contributed by atoms with Crippen molar-refractivity contribution in [1.82, 2.24) is 9.78 Å². The van der Waals surface area contributed by atoms with Crippen molar-refractivity contribution < 1.29 is 24.2 Å². The summed E-state index contributed by atoms with van der Waals surface area (Å²) in [6, 6.07) is 20.1. The average molecular weight is 562 g/mol. The number of aromatic carboxylic acids is 1. The minimum Gasteiger partial charge on any atom is -0.496 e. The summed E-state index contributed by atoms with van der Waals surface area (Å²) in [5, 5.41) is 17.6. The first-order chi connectivity index (χ1) is 19.2. The van der Waals surface area contributed by atoms with Gasteiger partial charge in [-0.05, 0) is 54.8 Å². The number of anilines is 1. The molecule has 2 N–H and O–H groups in total. The van der Waals surface area contributed by atoms with Gasteiger partial charge in [0, 0.05) is 35.0 Å². The van der Waals surface area contributed by atoms with E-state index in [2.05, 4.69) is 10.4 Å². The number of halogens is 1. The Balaban J connectivity index is 1.75. The summed E-state index contributed by atoms with van der Waals surface area (Å²) in [4.78, 5) is 37.3. The molecule has 0 fully saturated rings. The lowest BCUT2D eigenvalue weighted by molar-refractivity contribution is 0.0693. The first-order valence-electron chi connectivity index (χ1n) is 12.4. The van der Waals surface area contributed by atoms with E-state index in [4.69, 9.17) is 21.1 Å². The van der Waals surface area contributed by atoms with Gasteiger partial charge in [0.15, 0.2) is 5.78 Å². The molecule has 0 unspecified atom stereocenters. The molecule has 1 aromatic heterocycles. The number of benzene rings is 3. The number of Topliss-reactive ketones (excluding diaryl/α,β-unsaturated/α-hetero) is 1. The van der Waals surface area contributed by atoms with Crippen molar-refractivity contribution in [2.75, 3.05) is 26.1 Å². The number of hydrogen-bond acceptors (Lipinski definition) is 7. The van der Waals surface area contributed by atoms with Gasteiger partial charge in [-0.2, -0.15) is 0 Å². The number of carboxylic acids is 1. The highest BCUT2D eigenvalue weighted by Crippen LogP contribution is 2.33. The number of methoxy groups -OCH3 is 2. The van der Waals surface area contributed by atoms with Gasteiger partial charge in [-0.25, -0.2) is 9.48 Å². The monoisotopic (exact) mass is 561 g/mol. The molecule has 0 bridgehead atoms. The van der Waals surface area contributed by atoms with E-state index >= 15 is 0 Å². The van der Waals surface area contributed by atoms with Crippen LogP contribution in [0.15, 0.2) is 77.6 Å². The SMILES string of the molecule is COc1cc(NC[C@H](Cc2ccccc2)n2nc(OC)c(-c3cc(Cl)ccc3C(C)=O)cc2=O)ccc1C(=O)O. The highest BCUT2D eigenvalue weighted by atomic mass is 35.5. The molecule has 4 aromatic rings. The van der Waals surface area contributed by atoms with E-state index < -0.39 is 17.6 Å². The summed E-state index contributed by atoms with van der Waals surface area (Å²) < 4.78 is 12.2. The number of aromatic nitrogens is 2. The highest BCUT2D eigenvalue weighted by molar-refractivity contribution is 6.31. The first-order valence-corrected chi connectivity index (χ1v) is 12.8. The number of nitrogens with zero attached hydrogens (tertiary/aromatic N) is 2. The van der Waals surface area contributed by atoms with E-state index in [1.807, 2.05) is 30.3 Å². The summed E-state index contributed by atoms with van der Waals surface area (Å²) in [6.07, 6.45) is 0.462. The Bertz CT molecular complexity index is 1600. The van der Waals surface area contributed by atoms with Crippen LogP contribution in [-0.2, 0) is 6.42 Å². The Hall–Kier alpha value is -4.63. The lowest BCUT2D eigenvalue weighted by atomic mass is 9.98. The van der Waals surface area contributed by atoms with Crippen molar-refractivity contribution in [3.8, 4) is 22.8 Å². The molecule has 1 atom stereocenters. The number of rotatable bonds is 11. The molecule has 0 aliphatic carbocycles. The van der Waals surface area contributed by atoms with Crippen LogP contribution in [0.4, 0.5) is 5.69 Å². The van der Waals surface area contributed by atoms with Gasteiger partial charge in [-0.15, -0.1) is 5.10 Å². The maximum absolute atomic E-state index is 13.5. The number of carbonyl (C=O) groups is 2. The second-order valence-electron chi connectivity index (χ2n) is 9.04. The Morgan fingerprint density at radius 2 is 1.70 bits per heavy atom. The molecule has 0 radical (unpaired) electrons. The summed E-state index contributed by atoms with van der Waals surface area (Å²) in [6.45, 7) is 1.71. The zero-order valence-electron chi connectivity index (χ0n) is 22.2. The molecule has 0 aliphatic heterocycles. The van der Waals surface area contributed by atoms with Crippen LogP contribution in [0.3, 0.4) is 0 Å². The predicted octanol–water partition coefficient (Wildman–Crippen LogP) is 5.38. The molecule has 10 heteroatoms. The largest absolute Gasteiger partial charge is 0.496 e. The highest BCUT2D eigenvalue weighted by Gasteiger charge is 2.22. The normalized spacial score (nSPS) is 11.5. The molecular formula is C30H28ClN3O6. The number of carboxylic acid groups (broad SMARTS) is 1. The smallest absolute Gasteiger partial charge is 0.339 e. The van der Waals surface area contributed by atoms with E-state index in [1.165, 1.54) is 38.0 Å². The third-order valence-corrected chi connectivity index (χ3v) is 6.64. The third-order valence-electron chi connectivity index (χ3n) is 6.40. The van der Waals surface area contributed by atoms with E-state index in [0.717, 1.165) is 5.56 Å². The fourth-order valence-electron chi connectivity index (χ4n) is 4.45. The van der Waals surface area contributed by atoms with Crippen molar-refractivity contribution in [2.45, 2.75) is 19.4 Å². The molecule has 0 amide bonds. The molecule has 0 aliphatic rings. The Morgan fingerprint density at radius 3 is 2.35 bits per heavy atom. The van der Waals surface area contributed by atoms with Gasteiger partial charge in [0.25, 0.3) is 5.56 Å². The van der Waals surface area contributed by atoms with Crippen LogP contribution in [0.5, 0.6) is 11.6 Å². The number of hydrogen-bond donors (Lipinski definition) is 2. The quantitative estimate of drug-likeness (QED) is 0.234.